The summed E-state index contributed by atoms with van der Waals surface area (Å²) in [5, 5.41) is 10.6. The molecule has 0 spiro atoms. The Morgan fingerprint density at radius 3 is 0.811 bits per heavy atom. The molecule has 19 heteroatoms. The van der Waals surface area contributed by atoms with Gasteiger partial charge >= 0.3 is 39.5 Å². The lowest BCUT2D eigenvalue weighted by Crippen LogP contribution is -2.30. The fourth-order valence-electron chi connectivity index (χ4n) is 9.79. The van der Waals surface area contributed by atoms with Gasteiger partial charge in [0.1, 0.15) is 19.3 Å². The first kappa shape index (κ1) is 87.0. The summed E-state index contributed by atoms with van der Waals surface area (Å²) < 4.78 is 68.1. The van der Waals surface area contributed by atoms with Crippen LogP contribution in [0.1, 0.15) is 323 Å². The van der Waals surface area contributed by atoms with E-state index in [0.29, 0.717) is 25.7 Å². The van der Waals surface area contributed by atoms with Gasteiger partial charge in [0.25, 0.3) is 0 Å². The van der Waals surface area contributed by atoms with E-state index in [1.807, 2.05) is 0 Å². The van der Waals surface area contributed by atoms with Gasteiger partial charge in [-0.05, 0) is 77.0 Å². The average molecular weight is 1320 g/mol. The van der Waals surface area contributed by atoms with E-state index in [9.17, 15) is 43.2 Å². The van der Waals surface area contributed by atoms with Crippen LogP contribution in [-0.2, 0) is 65.4 Å². The Morgan fingerprint density at radius 1 is 0.311 bits per heavy atom. The summed E-state index contributed by atoms with van der Waals surface area (Å²) in [5.74, 6) is -2.18. The van der Waals surface area contributed by atoms with Crippen molar-refractivity contribution in [2.24, 2.45) is 0 Å². The number of carbonyl (C=O) groups is 4. The van der Waals surface area contributed by atoms with E-state index in [4.69, 9.17) is 37.0 Å². The van der Waals surface area contributed by atoms with Crippen LogP contribution in [0.3, 0.4) is 0 Å². The summed E-state index contributed by atoms with van der Waals surface area (Å²) in [6.45, 7) is 4.79. The summed E-state index contributed by atoms with van der Waals surface area (Å²) in [5.41, 5.74) is 0. The number of phosphoric acid groups is 2. The third-order valence-electron chi connectivity index (χ3n) is 15.4. The van der Waals surface area contributed by atoms with Crippen molar-refractivity contribution < 1.29 is 80.2 Å². The number of esters is 4. The van der Waals surface area contributed by atoms with Crippen molar-refractivity contribution in [2.45, 2.75) is 341 Å². The van der Waals surface area contributed by atoms with Crippen LogP contribution in [-0.4, -0.2) is 96.7 Å². The number of unbranched alkanes of at least 4 members (excludes halogenated alkanes) is 36. The van der Waals surface area contributed by atoms with Gasteiger partial charge in [0.05, 0.1) is 26.4 Å². The highest BCUT2D eigenvalue weighted by molar-refractivity contribution is 7.47. The van der Waals surface area contributed by atoms with Crippen molar-refractivity contribution in [1.82, 2.24) is 0 Å². The number of phosphoric ester groups is 2. The van der Waals surface area contributed by atoms with E-state index in [-0.39, 0.29) is 25.7 Å². The fourth-order valence-corrected chi connectivity index (χ4v) is 11.4. The number of allylic oxidation sites excluding steroid dienone is 8. The first-order chi connectivity index (χ1) is 43.7. The van der Waals surface area contributed by atoms with Crippen molar-refractivity contribution in [1.29, 1.82) is 0 Å². The number of rotatable bonds is 68. The second-order valence-electron chi connectivity index (χ2n) is 24.3. The van der Waals surface area contributed by atoms with E-state index in [0.717, 1.165) is 128 Å². The van der Waals surface area contributed by atoms with E-state index in [1.54, 1.807) is 0 Å². The second-order valence-corrected chi connectivity index (χ2v) is 27.2. The largest absolute Gasteiger partial charge is 0.472 e. The lowest BCUT2D eigenvalue weighted by molar-refractivity contribution is -0.161. The van der Waals surface area contributed by atoms with E-state index in [1.165, 1.54) is 116 Å². The van der Waals surface area contributed by atoms with Gasteiger partial charge < -0.3 is 33.8 Å². The highest BCUT2D eigenvalue weighted by Gasteiger charge is 2.30. The van der Waals surface area contributed by atoms with Gasteiger partial charge in [-0.25, -0.2) is 9.13 Å². The lowest BCUT2D eigenvalue weighted by atomic mass is 10.0. The van der Waals surface area contributed by atoms with Gasteiger partial charge in [0, 0.05) is 25.7 Å². The van der Waals surface area contributed by atoms with Crippen molar-refractivity contribution in [3.05, 3.63) is 48.6 Å². The smallest absolute Gasteiger partial charge is 0.462 e. The molecule has 0 aliphatic rings. The van der Waals surface area contributed by atoms with E-state index >= 15 is 0 Å². The standard InChI is InChI=1S/C71H130O17P2/c1-5-9-13-17-21-25-28-31-33-35-38-40-44-48-52-56-69(74)82-62-67(88-71(76)58-54-50-46-42-39-36-34-32-29-26-22-18-14-10-6-2)64-86-90(79,80)84-60-65(72)59-83-89(77,78)85-63-66(61-81-68(73)55-51-47-43-24-20-16-12-8-4)87-70(75)57-53-49-45-41-37-30-27-23-19-15-11-7-3/h25-26,28-29,31-34,65-67,72H,5-24,27,30,35-64H2,1-4H3,(H,77,78)(H,79,80)/b28-25-,29-26-,33-31-,34-32-/t65-,66+,67+/m0/s1. The molecule has 2 unspecified atom stereocenters. The molecule has 0 saturated carbocycles. The van der Waals surface area contributed by atoms with Crippen LogP contribution in [0, 0.1) is 0 Å². The molecule has 0 rings (SSSR count). The first-order valence-electron chi connectivity index (χ1n) is 35.9. The number of aliphatic hydroxyl groups is 1. The average Bonchev–Trinajstić information content (AvgIpc) is 2.40. The van der Waals surface area contributed by atoms with Crippen molar-refractivity contribution in [2.75, 3.05) is 39.6 Å². The number of ether oxygens (including phenoxy) is 4. The minimum atomic E-state index is -4.97. The Morgan fingerprint density at radius 2 is 0.533 bits per heavy atom. The number of hydrogen-bond acceptors (Lipinski definition) is 15. The first-order valence-corrected chi connectivity index (χ1v) is 38.9. The minimum Gasteiger partial charge on any atom is -0.462 e. The lowest BCUT2D eigenvalue weighted by Gasteiger charge is -2.21. The molecule has 0 aromatic rings. The Bertz CT molecular complexity index is 1910. The number of aliphatic hydroxyl groups excluding tert-OH is 1. The zero-order valence-corrected chi connectivity index (χ0v) is 58.9. The predicted molar refractivity (Wildman–Crippen MR) is 363 cm³/mol. The topological polar surface area (TPSA) is 237 Å². The minimum absolute atomic E-state index is 0.0785. The molecule has 17 nitrogen and oxygen atoms in total. The molecule has 0 saturated heterocycles. The summed E-state index contributed by atoms with van der Waals surface area (Å²) in [7, 11) is -9.92. The van der Waals surface area contributed by atoms with Crippen molar-refractivity contribution >= 4 is 39.5 Å². The van der Waals surface area contributed by atoms with Crippen molar-refractivity contribution in [3.8, 4) is 0 Å². The molecule has 0 amide bonds. The molecule has 90 heavy (non-hydrogen) atoms. The fraction of sp³-hybridized carbons (Fsp3) is 0.831. The maximum absolute atomic E-state index is 13.0. The number of hydrogen-bond donors (Lipinski definition) is 3. The Labute approximate surface area is 547 Å². The van der Waals surface area contributed by atoms with Gasteiger partial charge in [-0.15, -0.1) is 0 Å². The normalized spacial score (nSPS) is 14.3. The Kier molecular flexibility index (Phi) is 62.6. The molecule has 3 N–H and O–H groups in total. The summed E-state index contributed by atoms with van der Waals surface area (Å²) in [6.07, 6.45) is 58.4. The predicted octanol–water partition coefficient (Wildman–Crippen LogP) is 19.8. The van der Waals surface area contributed by atoms with Crippen LogP contribution >= 0.6 is 15.6 Å². The SMILES string of the molecule is CCCCCC/C=C\C=C/CCCCCCCC(=O)OC[C@H](COP(=O)(O)OC[C@@H](O)COP(=O)(O)OC[C@@H](COC(=O)CCCCCCCCCC)OC(=O)CCCCCCCCCCCCCC)OC(=O)CCCCCCC/C=C\C=C/CCCCCC. The highest BCUT2D eigenvalue weighted by atomic mass is 31.2. The zero-order chi connectivity index (χ0) is 66.1. The van der Waals surface area contributed by atoms with Gasteiger partial charge in [0.15, 0.2) is 12.2 Å². The molecule has 0 aliphatic heterocycles. The van der Waals surface area contributed by atoms with E-state index < -0.39 is 97.5 Å². The van der Waals surface area contributed by atoms with Gasteiger partial charge in [0.2, 0.25) is 0 Å². The quantitative estimate of drug-likeness (QED) is 0.0169. The molecule has 0 fully saturated rings. The van der Waals surface area contributed by atoms with Crippen LogP contribution in [0.25, 0.3) is 0 Å². The van der Waals surface area contributed by atoms with Crippen molar-refractivity contribution in [3.63, 3.8) is 0 Å². The molecular weight excluding hydrogens is 1190 g/mol. The molecule has 5 atom stereocenters. The monoisotopic (exact) mass is 1320 g/mol. The van der Waals surface area contributed by atoms with Crippen LogP contribution < -0.4 is 0 Å². The van der Waals surface area contributed by atoms with E-state index in [2.05, 4.69) is 76.3 Å². The molecule has 0 aromatic carbocycles. The third-order valence-corrected chi connectivity index (χ3v) is 17.3. The summed E-state index contributed by atoms with van der Waals surface area (Å²) in [4.78, 5) is 72.4. The Balaban J connectivity index is 5.30. The molecule has 0 radical (unpaired) electrons. The zero-order valence-electron chi connectivity index (χ0n) is 57.1. The van der Waals surface area contributed by atoms with Gasteiger partial charge in [-0.1, -0.05) is 269 Å². The maximum atomic E-state index is 13.0. The highest BCUT2D eigenvalue weighted by Crippen LogP contribution is 2.45. The molecule has 0 aromatic heterocycles. The third kappa shape index (κ3) is 63.8. The van der Waals surface area contributed by atoms with Crippen LogP contribution in [0.5, 0.6) is 0 Å². The maximum Gasteiger partial charge on any atom is 0.472 e. The molecule has 0 aliphatic carbocycles. The van der Waals surface area contributed by atoms with Crippen LogP contribution in [0.4, 0.5) is 0 Å². The molecule has 0 heterocycles. The molecule has 526 valence electrons. The number of carbonyl (C=O) groups excluding carboxylic acids is 4. The summed E-state index contributed by atoms with van der Waals surface area (Å²) in [6, 6.07) is 0. The van der Waals surface area contributed by atoms with Gasteiger partial charge in [-0.3, -0.25) is 37.3 Å². The second kappa shape index (κ2) is 64.7. The van der Waals surface area contributed by atoms with Crippen LogP contribution in [0.15, 0.2) is 48.6 Å². The van der Waals surface area contributed by atoms with Gasteiger partial charge in [-0.2, -0.15) is 0 Å². The summed E-state index contributed by atoms with van der Waals surface area (Å²) >= 11 is 0. The van der Waals surface area contributed by atoms with Crippen LogP contribution in [0.2, 0.25) is 0 Å². The molecule has 0 bridgehead atoms. The molecular formula is C71H130O17P2. The Hall–Kier alpha value is -2.98.